The molecule has 4 rings (SSSR count). The van der Waals surface area contributed by atoms with Gasteiger partial charge in [0.05, 0.1) is 49.8 Å². The Labute approximate surface area is 229 Å². The summed E-state index contributed by atoms with van der Waals surface area (Å²) < 4.78 is 29.3. The maximum Gasteiger partial charge on any atom is 0.338 e. The number of carbonyl (C=O) groups excluding carboxylic acids is 1. The lowest BCUT2D eigenvalue weighted by Gasteiger charge is -2.25. The number of hydrogen-bond acceptors (Lipinski definition) is 9. The van der Waals surface area contributed by atoms with Gasteiger partial charge in [-0.2, -0.15) is 0 Å². The summed E-state index contributed by atoms with van der Waals surface area (Å²) >= 11 is 1.24. The Kier molecular flexibility index (Phi) is 8.55. The Morgan fingerprint density at radius 3 is 2.41 bits per heavy atom. The van der Waals surface area contributed by atoms with Crippen molar-refractivity contribution in [1.29, 1.82) is 0 Å². The average molecular weight is 551 g/mol. The van der Waals surface area contributed by atoms with Crippen molar-refractivity contribution in [2.75, 3.05) is 34.5 Å². The zero-order chi connectivity index (χ0) is 28.1. The van der Waals surface area contributed by atoms with E-state index in [1.165, 1.54) is 23.0 Å². The number of thiazole rings is 1. The molecule has 0 saturated heterocycles. The highest BCUT2D eigenvalue weighted by Gasteiger charge is 2.34. The quantitative estimate of drug-likeness (QED) is 0.282. The van der Waals surface area contributed by atoms with Gasteiger partial charge in [0.1, 0.15) is 6.61 Å². The summed E-state index contributed by atoms with van der Waals surface area (Å²) in [7, 11) is 4.63. The SMILES string of the molecule is C=CCOc1ccc(/C=c2\sc3n(c2=O)[C@@H](c2ccc(OC)c(OC)c2)C(C(=O)OCC)=C(C)N=3)cc1OC. The minimum absolute atomic E-state index is 0.188. The number of hydrogen-bond donors (Lipinski definition) is 0. The van der Waals surface area contributed by atoms with Crippen molar-refractivity contribution in [3.05, 3.63) is 91.1 Å². The van der Waals surface area contributed by atoms with Gasteiger partial charge in [0.2, 0.25) is 0 Å². The van der Waals surface area contributed by atoms with Gasteiger partial charge in [-0.05, 0) is 55.3 Å². The number of rotatable bonds is 10. The lowest BCUT2D eigenvalue weighted by molar-refractivity contribution is -0.139. The molecule has 1 aromatic heterocycles. The second-order valence-corrected chi connectivity index (χ2v) is 9.44. The molecule has 1 atom stereocenters. The molecule has 1 aliphatic rings. The number of allylic oxidation sites excluding steroid dienone is 1. The molecule has 0 radical (unpaired) electrons. The van der Waals surface area contributed by atoms with Crippen LogP contribution in [0.15, 0.2) is 70.1 Å². The van der Waals surface area contributed by atoms with Gasteiger partial charge in [-0.1, -0.05) is 36.1 Å². The lowest BCUT2D eigenvalue weighted by Crippen LogP contribution is -2.39. The fourth-order valence-corrected chi connectivity index (χ4v) is 5.37. The highest BCUT2D eigenvalue weighted by Crippen LogP contribution is 2.36. The van der Waals surface area contributed by atoms with Crippen molar-refractivity contribution in [3.8, 4) is 23.0 Å². The van der Waals surface area contributed by atoms with E-state index in [4.69, 9.17) is 23.7 Å². The van der Waals surface area contributed by atoms with Crippen molar-refractivity contribution in [3.63, 3.8) is 0 Å². The van der Waals surface area contributed by atoms with Crippen LogP contribution in [0.4, 0.5) is 0 Å². The molecule has 10 heteroatoms. The van der Waals surface area contributed by atoms with Crippen molar-refractivity contribution in [2.24, 2.45) is 4.99 Å². The van der Waals surface area contributed by atoms with Crippen molar-refractivity contribution >= 4 is 23.4 Å². The molecule has 3 aromatic rings. The van der Waals surface area contributed by atoms with Crippen LogP contribution in [-0.2, 0) is 9.53 Å². The van der Waals surface area contributed by atoms with Crippen LogP contribution in [0.25, 0.3) is 6.08 Å². The van der Waals surface area contributed by atoms with Crippen LogP contribution in [-0.4, -0.2) is 45.1 Å². The third-order valence-corrected chi connectivity index (χ3v) is 7.07. The predicted octanol–water partition coefficient (Wildman–Crippen LogP) is 3.39. The van der Waals surface area contributed by atoms with Crippen LogP contribution < -0.4 is 33.8 Å². The number of ether oxygens (including phenoxy) is 5. The van der Waals surface area contributed by atoms with E-state index >= 15 is 0 Å². The first-order valence-electron chi connectivity index (χ1n) is 12.2. The van der Waals surface area contributed by atoms with Crippen molar-refractivity contribution in [1.82, 2.24) is 4.57 Å². The van der Waals surface area contributed by atoms with Crippen LogP contribution in [0.2, 0.25) is 0 Å². The number of methoxy groups -OCH3 is 3. The van der Waals surface area contributed by atoms with E-state index < -0.39 is 12.0 Å². The van der Waals surface area contributed by atoms with Crippen LogP contribution in [0.5, 0.6) is 23.0 Å². The predicted molar refractivity (Wildman–Crippen MR) is 149 cm³/mol. The Morgan fingerprint density at radius 1 is 1.05 bits per heavy atom. The van der Waals surface area contributed by atoms with E-state index in [1.807, 2.05) is 6.07 Å². The molecular weight excluding hydrogens is 520 g/mol. The molecule has 0 aliphatic carbocycles. The van der Waals surface area contributed by atoms with Gasteiger partial charge in [0.25, 0.3) is 5.56 Å². The Balaban J connectivity index is 1.90. The fourth-order valence-electron chi connectivity index (χ4n) is 4.32. The molecule has 0 unspecified atom stereocenters. The van der Waals surface area contributed by atoms with E-state index in [-0.39, 0.29) is 17.7 Å². The van der Waals surface area contributed by atoms with E-state index in [0.717, 1.165) is 5.56 Å². The zero-order valence-electron chi connectivity index (χ0n) is 22.5. The summed E-state index contributed by atoms with van der Waals surface area (Å²) in [5.74, 6) is 1.57. The van der Waals surface area contributed by atoms with Crippen LogP contribution >= 0.6 is 11.3 Å². The van der Waals surface area contributed by atoms with Gasteiger partial charge in [0.15, 0.2) is 27.8 Å². The molecule has 0 bridgehead atoms. The van der Waals surface area contributed by atoms with Gasteiger partial charge >= 0.3 is 5.97 Å². The molecule has 2 aromatic carbocycles. The summed E-state index contributed by atoms with van der Waals surface area (Å²) in [4.78, 5) is 32.1. The third kappa shape index (κ3) is 5.46. The molecule has 2 heterocycles. The summed E-state index contributed by atoms with van der Waals surface area (Å²) in [6.45, 7) is 7.66. The molecule has 0 saturated carbocycles. The average Bonchev–Trinajstić information content (AvgIpc) is 3.24. The fraction of sp³-hybridized carbons (Fsp3) is 0.276. The van der Waals surface area contributed by atoms with Crippen molar-refractivity contribution < 1.29 is 28.5 Å². The van der Waals surface area contributed by atoms with Crippen LogP contribution in [0.1, 0.15) is 31.0 Å². The third-order valence-electron chi connectivity index (χ3n) is 6.08. The maximum atomic E-state index is 13.9. The molecule has 0 N–H and O–H groups in total. The number of fused-ring (bicyclic) bond motifs is 1. The van der Waals surface area contributed by atoms with E-state index in [9.17, 15) is 9.59 Å². The minimum atomic E-state index is -0.772. The monoisotopic (exact) mass is 550 g/mol. The van der Waals surface area contributed by atoms with Crippen LogP contribution in [0, 0.1) is 0 Å². The van der Waals surface area contributed by atoms with Crippen molar-refractivity contribution in [2.45, 2.75) is 19.9 Å². The second kappa shape index (κ2) is 12.0. The summed E-state index contributed by atoms with van der Waals surface area (Å²) in [6.07, 6.45) is 3.41. The maximum absolute atomic E-state index is 13.9. The first-order valence-corrected chi connectivity index (χ1v) is 13.0. The molecule has 0 fully saturated rings. The molecule has 9 nitrogen and oxygen atoms in total. The van der Waals surface area contributed by atoms with Gasteiger partial charge in [-0.15, -0.1) is 0 Å². The molecule has 0 spiro atoms. The van der Waals surface area contributed by atoms with Gasteiger partial charge in [-0.3, -0.25) is 9.36 Å². The largest absolute Gasteiger partial charge is 0.493 e. The summed E-state index contributed by atoms with van der Waals surface area (Å²) in [5, 5.41) is 0. The zero-order valence-corrected chi connectivity index (χ0v) is 23.3. The normalized spacial score (nSPS) is 14.8. The number of aromatic nitrogens is 1. The molecule has 204 valence electrons. The number of nitrogens with zero attached hydrogens (tertiary/aromatic N) is 2. The number of esters is 1. The highest BCUT2D eigenvalue weighted by molar-refractivity contribution is 7.07. The number of carbonyl (C=O) groups is 1. The van der Waals surface area contributed by atoms with Gasteiger partial charge in [-0.25, -0.2) is 9.79 Å². The molecular formula is C29H30N2O7S. The Morgan fingerprint density at radius 2 is 1.74 bits per heavy atom. The van der Waals surface area contributed by atoms with Gasteiger partial charge < -0.3 is 23.7 Å². The first kappa shape index (κ1) is 27.7. The standard InChI is InChI=1S/C29H30N2O7S/c1-7-13-38-21-11-9-18(14-22(21)35-5)15-24-27(32)31-26(19-10-12-20(34-4)23(16-19)36-6)25(28(33)37-8-2)17(3)30-29(31)39-24/h7,9-12,14-16,26H,1,8,13H2,2-6H3/b24-15-/t26-/m0/s1. The van der Waals surface area contributed by atoms with E-state index in [2.05, 4.69) is 11.6 Å². The topological polar surface area (TPSA) is 97.6 Å². The molecule has 0 amide bonds. The molecule has 39 heavy (non-hydrogen) atoms. The minimum Gasteiger partial charge on any atom is -0.493 e. The summed E-state index contributed by atoms with van der Waals surface area (Å²) in [6, 6.07) is 9.93. The number of benzene rings is 2. The van der Waals surface area contributed by atoms with E-state index in [1.54, 1.807) is 70.6 Å². The summed E-state index contributed by atoms with van der Waals surface area (Å²) in [5.41, 5.74) is 1.87. The van der Waals surface area contributed by atoms with Gasteiger partial charge in [0, 0.05) is 0 Å². The van der Waals surface area contributed by atoms with Crippen LogP contribution in [0.3, 0.4) is 0 Å². The highest BCUT2D eigenvalue weighted by atomic mass is 32.1. The van der Waals surface area contributed by atoms with E-state index in [0.29, 0.717) is 50.2 Å². The Hall–Kier alpha value is -4.31. The Bertz CT molecular complexity index is 1620. The lowest BCUT2D eigenvalue weighted by atomic mass is 9.95. The smallest absolute Gasteiger partial charge is 0.338 e. The second-order valence-electron chi connectivity index (χ2n) is 8.43. The first-order chi connectivity index (χ1) is 18.9. The molecule has 1 aliphatic heterocycles.